The van der Waals surface area contributed by atoms with Gasteiger partial charge in [-0.05, 0) is 40.2 Å². The second-order valence-electron chi connectivity index (χ2n) is 4.46. The Morgan fingerprint density at radius 3 is 2.57 bits per heavy atom. The van der Waals surface area contributed by atoms with Crippen LogP contribution in [0.2, 0.25) is 0 Å². The Labute approximate surface area is 141 Å². The molecule has 23 heavy (non-hydrogen) atoms. The van der Waals surface area contributed by atoms with Crippen LogP contribution in [-0.2, 0) is 9.59 Å². The maximum atomic E-state index is 11.9. The number of rotatable bonds is 7. The van der Waals surface area contributed by atoms with Gasteiger partial charge in [0.05, 0.1) is 10.4 Å². The zero-order valence-electron chi connectivity index (χ0n) is 12.0. The summed E-state index contributed by atoms with van der Waals surface area (Å²) in [5, 5.41) is 13.0. The number of carbonyl (C=O) groups is 2. The second-order valence-corrected chi connectivity index (χ2v) is 5.31. The number of carboxylic acids is 1. The van der Waals surface area contributed by atoms with Crippen LogP contribution in [0.3, 0.4) is 0 Å². The molecule has 0 fully saturated rings. The third-order valence-corrected chi connectivity index (χ3v) is 3.33. The molecule has 6 nitrogen and oxygen atoms in total. The van der Waals surface area contributed by atoms with Gasteiger partial charge in [-0.15, -0.1) is 0 Å². The maximum Gasteiger partial charge on any atom is 0.262 e. The minimum absolute atomic E-state index is 0.160. The molecule has 0 spiro atoms. The Morgan fingerprint density at radius 1 is 1.04 bits per heavy atom. The number of hydrogen-bond donors (Lipinski definition) is 1. The van der Waals surface area contributed by atoms with Crippen LogP contribution in [0.25, 0.3) is 0 Å². The number of para-hydroxylation sites is 1. The molecule has 2 aromatic rings. The van der Waals surface area contributed by atoms with Crippen molar-refractivity contribution in [2.75, 3.05) is 18.5 Å². The number of amides is 1. The summed E-state index contributed by atoms with van der Waals surface area (Å²) in [5.74, 6) is -0.786. The van der Waals surface area contributed by atoms with Gasteiger partial charge in [0.15, 0.2) is 6.61 Å². The number of nitrogens with one attached hydrogen (secondary N) is 1. The van der Waals surface area contributed by atoms with E-state index in [1.807, 2.05) is 12.1 Å². The van der Waals surface area contributed by atoms with Crippen molar-refractivity contribution in [3.05, 3.63) is 53.0 Å². The molecule has 0 atom stereocenters. The number of halogens is 1. The van der Waals surface area contributed by atoms with Crippen LogP contribution in [0, 0.1) is 0 Å². The molecule has 1 amide bonds. The highest BCUT2D eigenvalue weighted by atomic mass is 79.9. The third kappa shape index (κ3) is 5.63. The van der Waals surface area contributed by atoms with E-state index in [2.05, 4.69) is 21.2 Å². The summed E-state index contributed by atoms with van der Waals surface area (Å²) in [4.78, 5) is 22.2. The molecular formula is C16H13BrNO5-. The van der Waals surface area contributed by atoms with Crippen molar-refractivity contribution < 1.29 is 24.2 Å². The highest BCUT2D eigenvalue weighted by Crippen LogP contribution is 2.23. The summed E-state index contributed by atoms with van der Waals surface area (Å²) < 4.78 is 11.1. The molecule has 120 valence electrons. The van der Waals surface area contributed by atoms with Crippen molar-refractivity contribution in [1.82, 2.24) is 0 Å². The number of carbonyl (C=O) groups excluding carboxylic acids is 2. The minimum atomic E-state index is -1.32. The molecule has 0 unspecified atom stereocenters. The van der Waals surface area contributed by atoms with Crippen molar-refractivity contribution in [2.45, 2.75) is 0 Å². The lowest BCUT2D eigenvalue weighted by molar-refractivity contribution is -0.307. The van der Waals surface area contributed by atoms with E-state index in [1.54, 1.807) is 30.3 Å². The summed E-state index contributed by atoms with van der Waals surface area (Å²) in [6, 6.07) is 13.6. The van der Waals surface area contributed by atoms with Crippen LogP contribution in [0.5, 0.6) is 11.5 Å². The van der Waals surface area contributed by atoms with E-state index in [0.717, 1.165) is 4.47 Å². The number of hydrogen-bond acceptors (Lipinski definition) is 5. The molecule has 7 heteroatoms. The van der Waals surface area contributed by atoms with Gasteiger partial charge in [0, 0.05) is 11.8 Å². The van der Waals surface area contributed by atoms with Crippen LogP contribution in [-0.4, -0.2) is 25.1 Å². The highest BCUT2D eigenvalue weighted by Gasteiger charge is 2.06. The lowest BCUT2D eigenvalue weighted by Crippen LogP contribution is -2.28. The van der Waals surface area contributed by atoms with E-state index in [-0.39, 0.29) is 12.5 Å². The van der Waals surface area contributed by atoms with Crippen molar-refractivity contribution in [3.8, 4) is 11.5 Å². The van der Waals surface area contributed by atoms with Crippen LogP contribution in [0.15, 0.2) is 53.0 Å². The smallest absolute Gasteiger partial charge is 0.262 e. The van der Waals surface area contributed by atoms with E-state index in [9.17, 15) is 14.7 Å². The van der Waals surface area contributed by atoms with Gasteiger partial charge < -0.3 is 24.7 Å². The predicted molar refractivity (Wildman–Crippen MR) is 85.2 cm³/mol. The fraction of sp³-hybridized carbons (Fsp3) is 0.125. The van der Waals surface area contributed by atoms with Gasteiger partial charge in [0.25, 0.3) is 5.91 Å². The maximum absolute atomic E-state index is 11.9. The molecule has 1 N–H and O–H groups in total. The molecular weight excluding hydrogens is 366 g/mol. The lowest BCUT2D eigenvalue weighted by atomic mass is 10.3. The normalized spacial score (nSPS) is 9.96. The minimum Gasteiger partial charge on any atom is -0.546 e. The van der Waals surface area contributed by atoms with E-state index in [1.165, 1.54) is 6.07 Å². The van der Waals surface area contributed by atoms with Gasteiger partial charge in [-0.25, -0.2) is 0 Å². The van der Waals surface area contributed by atoms with Crippen LogP contribution in [0.4, 0.5) is 5.69 Å². The summed E-state index contributed by atoms with van der Waals surface area (Å²) >= 11 is 3.33. The quantitative estimate of drug-likeness (QED) is 0.790. The third-order valence-electron chi connectivity index (χ3n) is 2.67. The number of aliphatic carboxylic acids is 1. The number of benzene rings is 2. The van der Waals surface area contributed by atoms with Gasteiger partial charge in [0.2, 0.25) is 0 Å². The molecule has 0 saturated carbocycles. The van der Waals surface area contributed by atoms with E-state index in [4.69, 9.17) is 9.47 Å². The molecule has 2 rings (SSSR count). The predicted octanol–water partition coefficient (Wildman–Crippen LogP) is 1.60. The first-order chi connectivity index (χ1) is 11.0. The zero-order chi connectivity index (χ0) is 16.7. The van der Waals surface area contributed by atoms with Gasteiger partial charge in [-0.2, -0.15) is 0 Å². The SMILES string of the molecule is O=C([O-])COc1cccc(NC(=O)COc2ccccc2Br)c1. The van der Waals surface area contributed by atoms with Crippen molar-refractivity contribution >= 4 is 33.5 Å². The molecule has 0 aliphatic heterocycles. The summed E-state index contributed by atoms with van der Waals surface area (Å²) in [7, 11) is 0. The first kappa shape index (κ1) is 16.8. The molecule has 2 aromatic carbocycles. The van der Waals surface area contributed by atoms with Crippen molar-refractivity contribution in [3.63, 3.8) is 0 Å². The van der Waals surface area contributed by atoms with Gasteiger partial charge in [-0.1, -0.05) is 18.2 Å². The molecule has 0 heterocycles. The Hall–Kier alpha value is -2.54. The highest BCUT2D eigenvalue weighted by molar-refractivity contribution is 9.10. The monoisotopic (exact) mass is 378 g/mol. The van der Waals surface area contributed by atoms with Gasteiger partial charge in [-0.3, -0.25) is 4.79 Å². The molecule has 0 aliphatic rings. The number of carboxylic acid groups (broad SMARTS) is 1. The number of anilines is 1. The Kier molecular flexibility index (Phi) is 5.99. The lowest BCUT2D eigenvalue weighted by Gasteiger charge is -2.10. The fourth-order valence-corrected chi connectivity index (χ4v) is 2.11. The summed E-state index contributed by atoms with van der Waals surface area (Å²) in [6.07, 6.45) is 0. The average Bonchev–Trinajstić information content (AvgIpc) is 2.52. The average molecular weight is 379 g/mol. The second kappa shape index (κ2) is 8.19. The molecule has 0 saturated heterocycles. The molecule has 0 bridgehead atoms. The molecule has 0 aromatic heterocycles. The Balaban J connectivity index is 1.89. The first-order valence-electron chi connectivity index (χ1n) is 6.64. The molecule has 0 aliphatic carbocycles. The van der Waals surface area contributed by atoms with Crippen LogP contribution in [0.1, 0.15) is 0 Å². The van der Waals surface area contributed by atoms with Crippen LogP contribution >= 0.6 is 15.9 Å². The Bertz CT molecular complexity index is 704. The number of ether oxygens (including phenoxy) is 2. The van der Waals surface area contributed by atoms with Gasteiger partial charge in [0.1, 0.15) is 18.1 Å². The first-order valence-corrected chi connectivity index (χ1v) is 7.44. The van der Waals surface area contributed by atoms with Crippen molar-refractivity contribution in [1.29, 1.82) is 0 Å². The summed E-state index contributed by atoms with van der Waals surface area (Å²) in [5.41, 5.74) is 0.474. The van der Waals surface area contributed by atoms with Gasteiger partial charge >= 0.3 is 0 Å². The van der Waals surface area contributed by atoms with E-state index in [0.29, 0.717) is 17.2 Å². The standard InChI is InChI=1S/C16H14BrNO5/c17-13-6-1-2-7-14(13)23-9-15(19)18-11-4-3-5-12(8-11)22-10-16(20)21/h1-8H,9-10H2,(H,18,19)(H,20,21)/p-1. The van der Waals surface area contributed by atoms with Crippen LogP contribution < -0.4 is 19.9 Å². The zero-order valence-corrected chi connectivity index (χ0v) is 13.5. The molecule has 0 radical (unpaired) electrons. The fourth-order valence-electron chi connectivity index (χ4n) is 1.71. The van der Waals surface area contributed by atoms with E-state index < -0.39 is 12.6 Å². The largest absolute Gasteiger partial charge is 0.546 e. The van der Waals surface area contributed by atoms with E-state index >= 15 is 0 Å². The van der Waals surface area contributed by atoms with Crippen molar-refractivity contribution in [2.24, 2.45) is 0 Å². The summed E-state index contributed by atoms with van der Waals surface area (Å²) in [6.45, 7) is -0.713. The Morgan fingerprint density at radius 2 is 1.83 bits per heavy atom. The topological polar surface area (TPSA) is 87.7 Å².